The number of hydrogen-bond donors (Lipinski definition) is 3. The summed E-state index contributed by atoms with van der Waals surface area (Å²) < 4.78 is 0.974. The minimum Gasteiger partial charge on any atom is -0.508 e. The second-order valence-corrected chi connectivity index (χ2v) is 4.96. The van der Waals surface area contributed by atoms with E-state index in [1.165, 1.54) is 0 Å². The van der Waals surface area contributed by atoms with E-state index in [1.54, 1.807) is 12.1 Å². The second-order valence-electron chi connectivity index (χ2n) is 4.11. The van der Waals surface area contributed by atoms with E-state index in [9.17, 15) is 5.11 Å². The van der Waals surface area contributed by atoms with Gasteiger partial charge < -0.3 is 15.5 Å². The molecule has 0 aliphatic heterocycles. The molecular weight excluding hydrogens is 270 g/mol. The van der Waals surface area contributed by atoms with Crippen molar-refractivity contribution in [3.8, 4) is 5.75 Å². The van der Waals surface area contributed by atoms with Crippen molar-refractivity contribution in [3.63, 3.8) is 0 Å². The fourth-order valence-corrected chi connectivity index (χ4v) is 1.71. The number of phenols is 1. The van der Waals surface area contributed by atoms with Gasteiger partial charge in [-0.2, -0.15) is 0 Å². The maximum Gasteiger partial charge on any atom is 0.115 e. The minimum atomic E-state index is 0.176. The number of aromatic hydroxyl groups is 1. The van der Waals surface area contributed by atoms with Crippen LogP contribution in [0.5, 0.6) is 5.75 Å². The van der Waals surface area contributed by atoms with Gasteiger partial charge >= 0.3 is 0 Å². The highest BCUT2D eigenvalue weighted by Gasteiger charge is 2.11. The number of aliphatic hydroxyl groups is 1. The number of phenolic OH excluding ortho intramolecular Hbond substituents is 1. The molecule has 3 N–H and O–H groups in total. The van der Waals surface area contributed by atoms with Crippen molar-refractivity contribution in [2.45, 2.75) is 26.4 Å². The van der Waals surface area contributed by atoms with E-state index in [-0.39, 0.29) is 24.3 Å². The Bertz CT molecular complexity index is 344. The van der Waals surface area contributed by atoms with Crippen LogP contribution in [0.3, 0.4) is 0 Å². The van der Waals surface area contributed by atoms with Gasteiger partial charge in [-0.05, 0) is 36.6 Å². The number of aliphatic hydroxyl groups excluding tert-OH is 1. The molecule has 3 nitrogen and oxygen atoms in total. The molecule has 1 rings (SSSR count). The van der Waals surface area contributed by atoms with Gasteiger partial charge in [-0.3, -0.25) is 0 Å². The van der Waals surface area contributed by atoms with Gasteiger partial charge in [0.15, 0.2) is 0 Å². The highest BCUT2D eigenvalue weighted by atomic mass is 79.9. The molecule has 4 heteroatoms. The van der Waals surface area contributed by atoms with Gasteiger partial charge in [0.1, 0.15) is 5.75 Å². The largest absolute Gasteiger partial charge is 0.508 e. The van der Waals surface area contributed by atoms with Gasteiger partial charge in [-0.1, -0.05) is 22.9 Å². The number of nitrogens with one attached hydrogen (secondary N) is 1. The van der Waals surface area contributed by atoms with E-state index in [2.05, 4.69) is 21.2 Å². The molecule has 0 bridgehead atoms. The summed E-state index contributed by atoms with van der Waals surface area (Å²) in [5.74, 6) is 0.485. The number of benzene rings is 1. The van der Waals surface area contributed by atoms with Crippen LogP contribution in [0, 0.1) is 5.92 Å². The fraction of sp³-hybridized carbons (Fsp3) is 0.500. The van der Waals surface area contributed by atoms with Crippen LogP contribution in [0.15, 0.2) is 22.7 Å². The van der Waals surface area contributed by atoms with E-state index in [0.29, 0.717) is 6.54 Å². The van der Waals surface area contributed by atoms with E-state index in [1.807, 2.05) is 19.9 Å². The zero-order valence-corrected chi connectivity index (χ0v) is 11.2. The Balaban J connectivity index is 2.57. The Hall–Kier alpha value is -0.580. The molecule has 0 aromatic heterocycles. The van der Waals surface area contributed by atoms with E-state index in [0.717, 1.165) is 10.0 Å². The molecule has 0 saturated carbocycles. The van der Waals surface area contributed by atoms with Crippen molar-refractivity contribution in [3.05, 3.63) is 28.2 Å². The van der Waals surface area contributed by atoms with Crippen LogP contribution in [0.25, 0.3) is 0 Å². The van der Waals surface area contributed by atoms with Gasteiger partial charge in [-0.15, -0.1) is 0 Å². The van der Waals surface area contributed by atoms with Crippen LogP contribution in [0.2, 0.25) is 0 Å². The van der Waals surface area contributed by atoms with Crippen molar-refractivity contribution in [2.75, 3.05) is 6.61 Å². The normalized spacial score (nSPS) is 14.8. The summed E-state index contributed by atoms with van der Waals surface area (Å²) in [5, 5.41) is 21.7. The Morgan fingerprint density at radius 3 is 2.69 bits per heavy atom. The number of rotatable bonds is 5. The first-order valence-corrected chi connectivity index (χ1v) is 6.15. The third-order valence-corrected chi connectivity index (χ3v) is 3.56. The molecule has 1 aromatic carbocycles. The molecule has 2 unspecified atom stereocenters. The molecule has 0 aliphatic carbocycles. The van der Waals surface area contributed by atoms with Gasteiger partial charge in [0.2, 0.25) is 0 Å². The lowest BCUT2D eigenvalue weighted by molar-refractivity contribution is 0.207. The average Bonchev–Trinajstić information content (AvgIpc) is 2.28. The summed E-state index contributed by atoms with van der Waals surface area (Å²) >= 11 is 3.43. The molecule has 0 amide bonds. The zero-order valence-electron chi connectivity index (χ0n) is 9.57. The smallest absolute Gasteiger partial charge is 0.115 e. The molecule has 90 valence electrons. The summed E-state index contributed by atoms with van der Waals surface area (Å²) in [4.78, 5) is 0. The van der Waals surface area contributed by atoms with Gasteiger partial charge in [-0.25, -0.2) is 0 Å². The van der Waals surface area contributed by atoms with Crippen LogP contribution in [-0.2, 0) is 6.54 Å². The predicted molar refractivity (Wildman–Crippen MR) is 68.4 cm³/mol. The molecule has 1 aromatic rings. The predicted octanol–water partition coefficient (Wildman–Crippen LogP) is 2.26. The highest BCUT2D eigenvalue weighted by Crippen LogP contribution is 2.21. The van der Waals surface area contributed by atoms with Gasteiger partial charge in [0.05, 0.1) is 0 Å². The molecule has 0 fully saturated rings. The summed E-state index contributed by atoms with van der Waals surface area (Å²) in [6.45, 7) is 4.88. The van der Waals surface area contributed by atoms with Gasteiger partial charge in [0, 0.05) is 23.7 Å². The maximum absolute atomic E-state index is 9.37. The lowest BCUT2D eigenvalue weighted by Gasteiger charge is -2.19. The highest BCUT2D eigenvalue weighted by molar-refractivity contribution is 9.10. The van der Waals surface area contributed by atoms with Crippen LogP contribution in [0.4, 0.5) is 0 Å². The Morgan fingerprint density at radius 1 is 1.38 bits per heavy atom. The molecule has 0 heterocycles. The maximum atomic E-state index is 9.37. The quantitative estimate of drug-likeness (QED) is 0.779. The molecule has 0 aliphatic rings. The summed E-state index contributed by atoms with van der Waals surface area (Å²) in [7, 11) is 0. The average molecular weight is 288 g/mol. The van der Waals surface area contributed by atoms with Crippen LogP contribution < -0.4 is 5.32 Å². The summed E-state index contributed by atoms with van der Waals surface area (Å²) in [5.41, 5.74) is 1.01. The third-order valence-electron chi connectivity index (χ3n) is 2.79. The molecule has 0 radical (unpaired) electrons. The van der Waals surface area contributed by atoms with Gasteiger partial charge in [0.25, 0.3) is 0 Å². The standard InChI is InChI=1S/C12H18BrNO2/c1-8(7-15)9(2)14-6-10-5-11(16)3-4-12(10)13/h3-5,8-9,14-16H,6-7H2,1-2H3. The van der Waals surface area contributed by atoms with E-state index in [4.69, 9.17) is 5.11 Å². The lowest BCUT2D eigenvalue weighted by atomic mass is 10.0. The van der Waals surface area contributed by atoms with Crippen LogP contribution in [-0.4, -0.2) is 22.9 Å². The summed E-state index contributed by atoms with van der Waals surface area (Å²) in [6.07, 6.45) is 0. The van der Waals surface area contributed by atoms with Crippen molar-refractivity contribution in [2.24, 2.45) is 5.92 Å². The fourth-order valence-electron chi connectivity index (χ4n) is 1.33. The first kappa shape index (κ1) is 13.5. The summed E-state index contributed by atoms with van der Waals surface area (Å²) in [6, 6.07) is 5.44. The molecule has 0 spiro atoms. The zero-order chi connectivity index (χ0) is 12.1. The Morgan fingerprint density at radius 2 is 2.06 bits per heavy atom. The second kappa shape index (κ2) is 6.23. The molecule has 0 saturated heterocycles. The topological polar surface area (TPSA) is 52.5 Å². The Labute approximate surface area is 105 Å². The number of halogens is 1. The molecule has 2 atom stereocenters. The lowest BCUT2D eigenvalue weighted by Crippen LogP contribution is -2.33. The SMILES string of the molecule is CC(CO)C(C)NCc1cc(O)ccc1Br. The monoisotopic (exact) mass is 287 g/mol. The van der Waals surface area contributed by atoms with Crippen molar-refractivity contribution in [1.82, 2.24) is 5.32 Å². The van der Waals surface area contributed by atoms with E-state index >= 15 is 0 Å². The Kier molecular flexibility index (Phi) is 5.25. The molecular formula is C12H18BrNO2. The first-order valence-electron chi connectivity index (χ1n) is 5.36. The third kappa shape index (κ3) is 3.77. The number of hydrogen-bond acceptors (Lipinski definition) is 3. The van der Waals surface area contributed by atoms with Crippen molar-refractivity contribution in [1.29, 1.82) is 0 Å². The first-order chi connectivity index (χ1) is 7.54. The van der Waals surface area contributed by atoms with Crippen molar-refractivity contribution < 1.29 is 10.2 Å². The molecule has 16 heavy (non-hydrogen) atoms. The van der Waals surface area contributed by atoms with Crippen LogP contribution >= 0.6 is 15.9 Å². The van der Waals surface area contributed by atoms with Crippen molar-refractivity contribution >= 4 is 15.9 Å². The van der Waals surface area contributed by atoms with E-state index < -0.39 is 0 Å². The van der Waals surface area contributed by atoms with Crippen LogP contribution in [0.1, 0.15) is 19.4 Å². The minimum absolute atomic E-state index is 0.176.